The Morgan fingerprint density at radius 1 is 1.12 bits per heavy atom. The number of carbonyl (C=O) groups is 1. The number of amides is 1. The summed E-state index contributed by atoms with van der Waals surface area (Å²) in [4.78, 5) is 13.6. The summed E-state index contributed by atoms with van der Waals surface area (Å²) in [6, 6.07) is 4.06. The molecular formula is C20H28N2O2S. The van der Waals surface area contributed by atoms with Crippen LogP contribution in [0.4, 0.5) is 0 Å². The second-order valence-electron chi connectivity index (χ2n) is 7.74. The van der Waals surface area contributed by atoms with Crippen LogP contribution >= 0.6 is 11.3 Å². The highest BCUT2D eigenvalue weighted by Crippen LogP contribution is 2.50. The lowest BCUT2D eigenvalue weighted by Crippen LogP contribution is -2.58. The molecule has 0 unspecified atom stereocenters. The number of hydrazone groups is 1. The highest BCUT2D eigenvalue weighted by atomic mass is 32.1. The van der Waals surface area contributed by atoms with Crippen molar-refractivity contribution in [2.75, 3.05) is 0 Å². The molecule has 2 fully saturated rings. The monoisotopic (exact) mass is 360 g/mol. The molecule has 5 heteroatoms. The third-order valence-corrected chi connectivity index (χ3v) is 7.05. The van der Waals surface area contributed by atoms with E-state index < -0.39 is 5.72 Å². The third kappa shape index (κ3) is 3.01. The van der Waals surface area contributed by atoms with Crippen LogP contribution in [-0.4, -0.2) is 22.5 Å². The van der Waals surface area contributed by atoms with Gasteiger partial charge >= 0.3 is 0 Å². The van der Waals surface area contributed by atoms with Gasteiger partial charge in [0.2, 0.25) is 11.6 Å². The van der Waals surface area contributed by atoms with Crippen LogP contribution in [0.5, 0.6) is 0 Å². The molecule has 0 bridgehead atoms. The van der Waals surface area contributed by atoms with Crippen molar-refractivity contribution in [1.82, 2.24) is 5.01 Å². The van der Waals surface area contributed by atoms with Crippen molar-refractivity contribution in [2.45, 2.75) is 76.9 Å². The zero-order chi connectivity index (χ0) is 17.3. The van der Waals surface area contributed by atoms with Crippen LogP contribution in [0, 0.1) is 11.8 Å². The number of hydrogen-bond donors (Lipinski definition) is 0. The highest BCUT2D eigenvalue weighted by molar-refractivity contribution is 7.12. The minimum absolute atomic E-state index is 0.0164. The molecule has 0 N–H and O–H groups in total. The maximum absolute atomic E-state index is 12.6. The molecular weight excluding hydrogens is 332 g/mol. The molecule has 4 rings (SSSR count). The van der Waals surface area contributed by atoms with Crippen LogP contribution in [0.15, 0.2) is 22.6 Å². The second kappa shape index (κ2) is 7.10. The Hall–Kier alpha value is -1.36. The number of thiophene rings is 1. The van der Waals surface area contributed by atoms with E-state index >= 15 is 0 Å². The number of hydrogen-bond acceptors (Lipinski definition) is 4. The van der Waals surface area contributed by atoms with Gasteiger partial charge in [-0.05, 0) is 37.1 Å². The third-order valence-electron chi connectivity index (χ3n) is 6.19. The van der Waals surface area contributed by atoms with E-state index in [4.69, 9.17) is 9.84 Å². The van der Waals surface area contributed by atoms with Gasteiger partial charge in [-0.1, -0.05) is 44.6 Å². The summed E-state index contributed by atoms with van der Waals surface area (Å²) in [6.45, 7) is 1.64. The van der Waals surface area contributed by atoms with Gasteiger partial charge in [-0.15, -0.1) is 16.4 Å². The van der Waals surface area contributed by atoms with Crippen LogP contribution in [0.2, 0.25) is 0 Å². The maximum Gasteiger partial charge on any atom is 0.251 e. The Kier molecular flexibility index (Phi) is 4.85. The lowest BCUT2D eigenvalue weighted by molar-refractivity contribution is -0.181. The highest BCUT2D eigenvalue weighted by Gasteiger charge is 2.57. The summed E-state index contributed by atoms with van der Waals surface area (Å²) < 4.78 is 6.71. The first kappa shape index (κ1) is 17.1. The molecule has 0 radical (unpaired) electrons. The van der Waals surface area contributed by atoms with Crippen molar-refractivity contribution >= 4 is 23.1 Å². The Balaban J connectivity index is 1.74. The summed E-state index contributed by atoms with van der Waals surface area (Å²) in [6.07, 6.45) is 12.1. The zero-order valence-electron chi connectivity index (χ0n) is 15.1. The smallest absolute Gasteiger partial charge is 0.251 e. The fraction of sp³-hybridized carbons (Fsp3) is 0.700. The van der Waals surface area contributed by atoms with Crippen molar-refractivity contribution in [3.63, 3.8) is 0 Å². The lowest BCUT2D eigenvalue weighted by atomic mass is 9.70. The van der Waals surface area contributed by atoms with Crippen LogP contribution < -0.4 is 0 Å². The molecule has 136 valence electrons. The fourth-order valence-electron chi connectivity index (χ4n) is 5.08. The van der Waals surface area contributed by atoms with Crippen molar-refractivity contribution < 1.29 is 9.53 Å². The molecule has 2 saturated carbocycles. The fourth-order valence-corrected chi connectivity index (χ4v) is 5.73. The summed E-state index contributed by atoms with van der Waals surface area (Å²) in [7, 11) is 0. The van der Waals surface area contributed by atoms with E-state index in [1.165, 1.54) is 38.5 Å². The first-order valence-corrected chi connectivity index (χ1v) is 10.7. The summed E-state index contributed by atoms with van der Waals surface area (Å²) in [5.74, 6) is 1.47. The first-order valence-electron chi connectivity index (χ1n) is 9.84. The van der Waals surface area contributed by atoms with Crippen LogP contribution in [0.25, 0.3) is 0 Å². The van der Waals surface area contributed by atoms with Gasteiger partial charge in [-0.2, -0.15) is 5.01 Å². The standard InChI is InChI=1S/C20H28N2O2S/c1-15(23)22-20(16-9-4-2-5-10-16,17-11-6-3-7-12-17)24-19(21-22)18-13-8-14-25-18/h8,13-14,16-17H,2-7,9-12H2,1H3. The Morgan fingerprint density at radius 3 is 2.20 bits per heavy atom. The molecule has 1 amide bonds. The predicted octanol–water partition coefficient (Wildman–Crippen LogP) is 5.15. The molecule has 0 saturated heterocycles. The summed E-state index contributed by atoms with van der Waals surface area (Å²) in [5, 5.41) is 8.51. The topological polar surface area (TPSA) is 41.9 Å². The number of carbonyl (C=O) groups excluding carboxylic acids is 1. The molecule has 25 heavy (non-hydrogen) atoms. The molecule has 0 aromatic carbocycles. The first-order chi connectivity index (χ1) is 12.2. The Morgan fingerprint density at radius 2 is 1.72 bits per heavy atom. The van der Waals surface area contributed by atoms with E-state index in [0.717, 1.165) is 30.6 Å². The van der Waals surface area contributed by atoms with Gasteiger partial charge in [-0.3, -0.25) is 4.79 Å². The summed E-state index contributed by atoms with van der Waals surface area (Å²) in [5.41, 5.74) is -0.550. The molecule has 1 aliphatic heterocycles. The van der Waals surface area contributed by atoms with Gasteiger partial charge in [0.15, 0.2) is 0 Å². The van der Waals surface area contributed by atoms with E-state index in [2.05, 4.69) is 0 Å². The Labute approximate surface area is 154 Å². The quantitative estimate of drug-likeness (QED) is 0.748. The van der Waals surface area contributed by atoms with E-state index in [-0.39, 0.29) is 5.91 Å². The molecule has 1 aromatic rings. The van der Waals surface area contributed by atoms with Gasteiger partial charge in [0.1, 0.15) is 0 Å². The SMILES string of the molecule is CC(=O)N1N=C(c2cccs2)OC1(C1CCCCC1)C1CCCCC1. The van der Waals surface area contributed by atoms with E-state index in [1.54, 1.807) is 23.3 Å². The van der Waals surface area contributed by atoms with Crippen molar-refractivity contribution in [3.8, 4) is 0 Å². The molecule has 0 atom stereocenters. The zero-order valence-corrected chi connectivity index (χ0v) is 15.9. The minimum Gasteiger partial charge on any atom is -0.446 e. The minimum atomic E-state index is -0.550. The normalized spacial score (nSPS) is 24.8. The van der Waals surface area contributed by atoms with Crippen LogP contribution in [0.3, 0.4) is 0 Å². The van der Waals surface area contributed by atoms with Crippen molar-refractivity contribution in [1.29, 1.82) is 0 Å². The van der Waals surface area contributed by atoms with Crippen LogP contribution in [0.1, 0.15) is 76.0 Å². The van der Waals surface area contributed by atoms with Gasteiger partial charge in [0.25, 0.3) is 5.90 Å². The van der Waals surface area contributed by atoms with E-state index in [1.807, 2.05) is 17.5 Å². The van der Waals surface area contributed by atoms with E-state index in [9.17, 15) is 4.79 Å². The average molecular weight is 361 g/mol. The van der Waals surface area contributed by atoms with Gasteiger partial charge in [0.05, 0.1) is 4.88 Å². The average Bonchev–Trinajstić information content (AvgIpc) is 3.31. The molecule has 0 spiro atoms. The summed E-state index contributed by atoms with van der Waals surface area (Å²) >= 11 is 1.63. The predicted molar refractivity (Wildman–Crippen MR) is 100 cm³/mol. The number of ether oxygens (including phenoxy) is 1. The van der Waals surface area contributed by atoms with Crippen molar-refractivity contribution in [2.24, 2.45) is 16.9 Å². The van der Waals surface area contributed by atoms with E-state index in [0.29, 0.717) is 17.7 Å². The molecule has 2 aliphatic carbocycles. The second-order valence-corrected chi connectivity index (χ2v) is 8.68. The Bertz CT molecular complexity index is 610. The van der Waals surface area contributed by atoms with Gasteiger partial charge in [-0.25, -0.2) is 0 Å². The maximum atomic E-state index is 12.6. The van der Waals surface area contributed by atoms with Gasteiger partial charge in [0, 0.05) is 18.8 Å². The number of rotatable bonds is 3. The van der Waals surface area contributed by atoms with Crippen LogP contribution in [-0.2, 0) is 9.53 Å². The van der Waals surface area contributed by atoms with Crippen molar-refractivity contribution in [3.05, 3.63) is 22.4 Å². The number of nitrogens with zero attached hydrogens (tertiary/aromatic N) is 2. The van der Waals surface area contributed by atoms with Gasteiger partial charge < -0.3 is 4.74 Å². The largest absolute Gasteiger partial charge is 0.446 e. The molecule has 3 aliphatic rings. The lowest BCUT2D eigenvalue weighted by Gasteiger charge is -2.48. The molecule has 4 nitrogen and oxygen atoms in total. The molecule has 2 heterocycles. The molecule has 1 aromatic heterocycles.